The second kappa shape index (κ2) is 8.46. The lowest BCUT2D eigenvalue weighted by Crippen LogP contribution is -2.18. The van der Waals surface area contributed by atoms with E-state index < -0.39 is 37.5 Å². The zero-order chi connectivity index (χ0) is 24.8. The van der Waals surface area contributed by atoms with Crippen molar-refractivity contribution in [3.8, 4) is 11.4 Å². The first kappa shape index (κ1) is 23.8. The lowest BCUT2D eigenvalue weighted by Gasteiger charge is -2.15. The fourth-order valence-electron chi connectivity index (χ4n) is 3.18. The number of fused-ring (bicyclic) bond motifs is 1. The maximum absolute atomic E-state index is 13.3. The zero-order valence-corrected chi connectivity index (χ0v) is 18.8. The van der Waals surface area contributed by atoms with Gasteiger partial charge in [-0.3, -0.25) is 14.5 Å². The number of halogens is 5. The van der Waals surface area contributed by atoms with E-state index in [1.807, 2.05) is 0 Å². The summed E-state index contributed by atoms with van der Waals surface area (Å²) >= 11 is 11.7. The molecule has 0 unspecified atom stereocenters. The Kier molecular flexibility index (Phi) is 5.92. The van der Waals surface area contributed by atoms with Crippen molar-refractivity contribution in [3.05, 3.63) is 81.9 Å². The summed E-state index contributed by atoms with van der Waals surface area (Å²) in [5.41, 5.74) is -1.95. The molecule has 14 heteroatoms. The number of ketones is 1. The van der Waals surface area contributed by atoms with Crippen LogP contribution in [0.25, 0.3) is 11.4 Å². The maximum Gasteiger partial charge on any atom is 0.417 e. The van der Waals surface area contributed by atoms with E-state index in [4.69, 9.17) is 23.2 Å². The number of pyridine rings is 2. The van der Waals surface area contributed by atoms with E-state index in [0.717, 1.165) is 18.3 Å². The fourth-order valence-corrected chi connectivity index (χ4v) is 4.77. The second-order valence-electron chi connectivity index (χ2n) is 6.85. The average Bonchev–Trinajstić information content (AvgIpc) is 3.23. The number of nitrogens with one attached hydrogen (secondary N) is 1. The van der Waals surface area contributed by atoms with Crippen molar-refractivity contribution < 1.29 is 31.6 Å². The molecule has 2 aromatic rings. The van der Waals surface area contributed by atoms with Gasteiger partial charge in [0.05, 0.1) is 38.0 Å². The highest BCUT2D eigenvalue weighted by Crippen LogP contribution is 2.37. The maximum atomic E-state index is 13.3. The fraction of sp³-hybridized carbons (Fsp3) is 0.0500. The zero-order valence-electron chi connectivity index (χ0n) is 16.5. The molecule has 0 spiro atoms. The number of anilines is 1. The van der Waals surface area contributed by atoms with Gasteiger partial charge in [0.2, 0.25) is 5.78 Å². The number of rotatable bonds is 5. The molecule has 34 heavy (non-hydrogen) atoms. The molecule has 0 radical (unpaired) electrons. The first-order chi connectivity index (χ1) is 15.9. The van der Waals surface area contributed by atoms with Crippen LogP contribution in [0.5, 0.6) is 0 Å². The predicted molar refractivity (Wildman–Crippen MR) is 116 cm³/mol. The van der Waals surface area contributed by atoms with Crippen molar-refractivity contribution in [1.82, 2.24) is 14.7 Å². The summed E-state index contributed by atoms with van der Waals surface area (Å²) in [6, 6.07) is 6.04. The minimum absolute atomic E-state index is 0.0201. The van der Waals surface area contributed by atoms with Crippen LogP contribution < -0.4 is 4.72 Å². The molecule has 176 valence electrons. The molecule has 0 saturated carbocycles. The minimum Gasteiger partial charge on any atom is -0.427 e. The average molecular weight is 531 g/mol. The van der Waals surface area contributed by atoms with E-state index in [9.17, 15) is 31.6 Å². The normalized spacial score (nSPS) is 12.1. The molecule has 2 aliphatic heterocycles. The Morgan fingerprint density at radius 3 is 2.50 bits per heavy atom. The van der Waals surface area contributed by atoms with E-state index in [1.165, 1.54) is 30.6 Å². The van der Waals surface area contributed by atoms with Crippen LogP contribution in [0.3, 0.4) is 0 Å². The van der Waals surface area contributed by atoms with E-state index in [2.05, 4.69) is 14.7 Å². The van der Waals surface area contributed by atoms with Gasteiger partial charge in [-0.1, -0.05) is 23.2 Å². The monoisotopic (exact) mass is 530 g/mol. The summed E-state index contributed by atoms with van der Waals surface area (Å²) in [5, 5.41) is 9.07. The van der Waals surface area contributed by atoms with Crippen LogP contribution in [0.1, 0.15) is 21.6 Å². The number of carbonyl (C=O) groups is 1. The topological polar surface area (TPSA) is 114 Å². The lowest BCUT2D eigenvalue weighted by molar-refractivity contribution is -0.137. The highest BCUT2D eigenvalue weighted by atomic mass is 35.5. The molecule has 1 aromatic heterocycles. The van der Waals surface area contributed by atoms with Gasteiger partial charge in [-0.15, -0.1) is 0 Å². The molecule has 0 aliphatic carbocycles. The number of hydrogen-bond acceptors (Lipinski definition) is 6. The molecule has 0 fully saturated rings. The highest BCUT2D eigenvalue weighted by Gasteiger charge is 2.35. The Labute approximate surface area is 199 Å². The molecule has 0 atom stereocenters. The highest BCUT2D eigenvalue weighted by molar-refractivity contribution is 7.92. The molecule has 0 saturated heterocycles. The van der Waals surface area contributed by atoms with Gasteiger partial charge in [0.1, 0.15) is 5.69 Å². The first-order valence-electron chi connectivity index (χ1n) is 9.14. The van der Waals surface area contributed by atoms with Gasteiger partial charge in [-0.05, 0) is 36.4 Å². The SMILES string of the molecule is O=C(c1ncccc1NS(=O)(=O)c1ccc(Cl)c(C(F)(F)F)c1)c1c(Cl)cn(O)c2nccc1-2. The third-order valence-electron chi connectivity index (χ3n) is 4.69. The lowest BCUT2D eigenvalue weighted by atomic mass is 10.0. The van der Waals surface area contributed by atoms with Gasteiger partial charge in [-0.2, -0.15) is 17.9 Å². The van der Waals surface area contributed by atoms with E-state index in [1.54, 1.807) is 0 Å². The van der Waals surface area contributed by atoms with Gasteiger partial charge in [0, 0.05) is 18.0 Å². The molecular weight excluding hydrogens is 520 g/mol. The van der Waals surface area contributed by atoms with Crippen LogP contribution in [-0.4, -0.2) is 34.1 Å². The van der Waals surface area contributed by atoms with Crippen LogP contribution >= 0.6 is 23.2 Å². The van der Waals surface area contributed by atoms with Crippen molar-refractivity contribution in [1.29, 1.82) is 0 Å². The largest absolute Gasteiger partial charge is 0.427 e. The number of hydrogen-bond donors (Lipinski definition) is 2. The number of carbonyl (C=O) groups excluding carboxylic acids is 1. The number of aromatic nitrogens is 3. The van der Waals surface area contributed by atoms with Crippen molar-refractivity contribution in [2.24, 2.45) is 0 Å². The number of nitrogens with zero attached hydrogens (tertiary/aromatic N) is 3. The Morgan fingerprint density at radius 1 is 1.06 bits per heavy atom. The smallest absolute Gasteiger partial charge is 0.417 e. The third kappa shape index (κ3) is 4.27. The minimum atomic E-state index is -4.88. The van der Waals surface area contributed by atoms with Crippen LogP contribution in [-0.2, 0) is 16.2 Å². The number of alkyl halides is 3. The Balaban J connectivity index is 1.77. The predicted octanol–water partition coefficient (Wildman–Crippen LogP) is 4.98. The van der Waals surface area contributed by atoms with Gasteiger partial charge in [0.15, 0.2) is 5.82 Å². The summed E-state index contributed by atoms with van der Waals surface area (Å²) in [5.74, 6) is -0.791. The molecule has 8 nitrogen and oxygen atoms in total. The summed E-state index contributed by atoms with van der Waals surface area (Å²) < 4.78 is 67.9. The molecule has 3 heterocycles. The van der Waals surface area contributed by atoms with Crippen molar-refractivity contribution in [2.45, 2.75) is 11.1 Å². The Hall–Kier alpha value is -3.35. The van der Waals surface area contributed by atoms with Crippen molar-refractivity contribution in [3.63, 3.8) is 0 Å². The molecule has 2 N–H and O–H groups in total. The van der Waals surface area contributed by atoms with Crippen LogP contribution in [0.4, 0.5) is 18.9 Å². The molecule has 2 aliphatic rings. The van der Waals surface area contributed by atoms with Crippen molar-refractivity contribution in [2.75, 3.05) is 4.72 Å². The third-order valence-corrected chi connectivity index (χ3v) is 6.67. The Bertz CT molecular complexity index is 1510. The molecule has 1 aromatic carbocycles. The molecule has 0 bridgehead atoms. The number of benzene rings is 1. The van der Waals surface area contributed by atoms with Gasteiger partial charge >= 0.3 is 6.18 Å². The molecule has 0 amide bonds. The van der Waals surface area contributed by atoms with Crippen LogP contribution in [0, 0.1) is 0 Å². The van der Waals surface area contributed by atoms with Gasteiger partial charge in [0.25, 0.3) is 10.0 Å². The Morgan fingerprint density at radius 2 is 1.79 bits per heavy atom. The summed E-state index contributed by atoms with van der Waals surface area (Å²) in [6.07, 6.45) is -1.31. The van der Waals surface area contributed by atoms with E-state index >= 15 is 0 Å². The van der Waals surface area contributed by atoms with Gasteiger partial charge in [-0.25, -0.2) is 13.4 Å². The molecule has 4 rings (SSSR count). The quantitative estimate of drug-likeness (QED) is 0.278. The molecular formula is C20H11Cl2F3N4O4S. The second-order valence-corrected chi connectivity index (χ2v) is 9.35. The van der Waals surface area contributed by atoms with Crippen LogP contribution in [0.15, 0.2) is 59.9 Å². The summed E-state index contributed by atoms with van der Waals surface area (Å²) in [6.45, 7) is 0. The van der Waals surface area contributed by atoms with Crippen LogP contribution in [0.2, 0.25) is 10.0 Å². The summed E-state index contributed by atoms with van der Waals surface area (Å²) in [7, 11) is -4.59. The standard InChI is InChI=1S/C20H11Cl2F3N4O4S/c21-13-4-3-10(8-12(13)20(23,24)25)34(32,33)28-15-2-1-6-26-17(15)18(30)16-11-5-7-27-19(11)29(31)9-14(16)22/h1-9,28,31H. The van der Waals surface area contributed by atoms with Gasteiger partial charge < -0.3 is 5.21 Å². The van der Waals surface area contributed by atoms with E-state index in [-0.39, 0.29) is 33.4 Å². The first-order valence-corrected chi connectivity index (χ1v) is 11.4. The number of sulfonamides is 1. The van der Waals surface area contributed by atoms with Crippen molar-refractivity contribution >= 4 is 44.7 Å². The van der Waals surface area contributed by atoms with E-state index in [0.29, 0.717) is 10.8 Å². The summed E-state index contributed by atoms with van der Waals surface area (Å²) in [4.78, 5) is 20.4.